The molecule has 1 fully saturated rings. The standard InChI is InChI=1S/C12H14N2O3S/c1-6(15)13-10-9(12(16)17)8-7-2-4-14(5-3-7)11(8)18-10/h7H,2-5H2,1H3,(H,13,15)(H,16,17). The first kappa shape index (κ1) is 11.5. The fraction of sp³-hybridized carbons (Fsp3) is 0.500. The predicted octanol–water partition coefficient (Wildman–Crippen LogP) is 2.10. The summed E-state index contributed by atoms with van der Waals surface area (Å²) in [5.41, 5.74) is 1.24. The molecule has 1 aromatic heterocycles. The van der Waals surface area contributed by atoms with Crippen molar-refractivity contribution >= 4 is 33.2 Å². The molecule has 18 heavy (non-hydrogen) atoms. The van der Waals surface area contributed by atoms with Gasteiger partial charge in [0.1, 0.15) is 5.00 Å². The Hall–Kier alpha value is -1.56. The number of piperidine rings is 1. The van der Waals surface area contributed by atoms with Crippen molar-refractivity contribution in [1.29, 1.82) is 0 Å². The number of fused-ring (bicyclic) bond motifs is 2. The summed E-state index contributed by atoms with van der Waals surface area (Å²) in [7, 11) is 0. The quantitative estimate of drug-likeness (QED) is 0.860. The fourth-order valence-corrected chi connectivity index (χ4v) is 4.25. The second kappa shape index (κ2) is 3.98. The zero-order valence-electron chi connectivity index (χ0n) is 10.0. The van der Waals surface area contributed by atoms with Crippen LogP contribution in [0.2, 0.25) is 0 Å². The number of hydrogen-bond acceptors (Lipinski definition) is 4. The van der Waals surface area contributed by atoms with Crippen molar-refractivity contribution in [1.82, 2.24) is 0 Å². The zero-order chi connectivity index (χ0) is 12.9. The lowest BCUT2D eigenvalue weighted by Crippen LogP contribution is -2.38. The maximum atomic E-state index is 11.4. The molecule has 0 spiro atoms. The van der Waals surface area contributed by atoms with Crippen molar-refractivity contribution in [2.75, 3.05) is 23.3 Å². The summed E-state index contributed by atoms with van der Waals surface area (Å²) >= 11 is 1.39. The molecule has 1 amide bonds. The summed E-state index contributed by atoms with van der Waals surface area (Å²) in [5.74, 6) is -0.821. The Kier molecular flexibility index (Phi) is 2.55. The number of rotatable bonds is 2. The van der Waals surface area contributed by atoms with Crippen LogP contribution in [-0.4, -0.2) is 30.1 Å². The highest BCUT2D eigenvalue weighted by Crippen LogP contribution is 2.51. The van der Waals surface area contributed by atoms with E-state index in [1.165, 1.54) is 18.3 Å². The molecule has 1 saturated heterocycles. The van der Waals surface area contributed by atoms with Gasteiger partial charge in [0.05, 0.1) is 10.6 Å². The molecule has 0 atom stereocenters. The first-order chi connectivity index (χ1) is 8.58. The molecule has 3 aliphatic heterocycles. The number of carbonyl (C=O) groups excluding carboxylic acids is 1. The molecular weight excluding hydrogens is 252 g/mol. The molecular formula is C12H14N2O3S. The minimum atomic E-state index is -0.940. The average molecular weight is 266 g/mol. The highest BCUT2D eigenvalue weighted by Gasteiger charge is 2.38. The third kappa shape index (κ3) is 1.59. The van der Waals surface area contributed by atoms with Gasteiger partial charge in [-0.25, -0.2) is 4.79 Å². The molecule has 5 nitrogen and oxygen atoms in total. The van der Waals surface area contributed by atoms with Gasteiger partial charge in [0.2, 0.25) is 5.91 Å². The third-order valence-corrected chi connectivity index (χ3v) is 4.80. The first-order valence-corrected chi connectivity index (χ1v) is 6.82. The smallest absolute Gasteiger partial charge is 0.339 e. The number of nitrogens with one attached hydrogen (secondary N) is 1. The fourth-order valence-electron chi connectivity index (χ4n) is 2.88. The molecule has 3 aliphatic rings. The highest BCUT2D eigenvalue weighted by molar-refractivity contribution is 7.20. The molecule has 0 aliphatic carbocycles. The lowest BCUT2D eigenvalue weighted by molar-refractivity contribution is -0.114. The monoisotopic (exact) mass is 266 g/mol. The van der Waals surface area contributed by atoms with Crippen LogP contribution in [0.4, 0.5) is 10.0 Å². The summed E-state index contributed by atoms with van der Waals surface area (Å²) in [6.07, 6.45) is 2.03. The normalized spacial score (nSPS) is 17.7. The van der Waals surface area contributed by atoms with E-state index >= 15 is 0 Å². The largest absolute Gasteiger partial charge is 0.478 e. The van der Waals surface area contributed by atoms with E-state index in [1.807, 2.05) is 0 Å². The van der Waals surface area contributed by atoms with E-state index in [1.54, 1.807) is 0 Å². The predicted molar refractivity (Wildman–Crippen MR) is 69.8 cm³/mol. The summed E-state index contributed by atoms with van der Waals surface area (Å²) in [4.78, 5) is 24.9. The van der Waals surface area contributed by atoms with E-state index in [0.29, 0.717) is 16.5 Å². The van der Waals surface area contributed by atoms with Crippen LogP contribution in [0.1, 0.15) is 41.6 Å². The van der Waals surface area contributed by atoms with Crippen molar-refractivity contribution in [3.05, 3.63) is 11.1 Å². The Bertz CT molecular complexity index is 530. The van der Waals surface area contributed by atoms with Gasteiger partial charge in [-0.15, -0.1) is 0 Å². The number of hydrogen-bond donors (Lipinski definition) is 2. The van der Waals surface area contributed by atoms with Crippen LogP contribution in [0.5, 0.6) is 0 Å². The van der Waals surface area contributed by atoms with Gasteiger partial charge in [0, 0.05) is 25.6 Å². The molecule has 2 bridgehead atoms. The Morgan fingerprint density at radius 1 is 1.39 bits per heavy atom. The number of carboxylic acids is 1. The minimum Gasteiger partial charge on any atom is -0.478 e. The number of anilines is 2. The van der Waals surface area contributed by atoms with E-state index in [2.05, 4.69) is 10.2 Å². The number of nitrogens with zero attached hydrogens (tertiary/aromatic N) is 1. The molecule has 6 heteroatoms. The van der Waals surface area contributed by atoms with Crippen LogP contribution in [0.25, 0.3) is 0 Å². The first-order valence-electron chi connectivity index (χ1n) is 6.00. The number of aromatic carboxylic acids is 1. The van der Waals surface area contributed by atoms with Gasteiger partial charge in [-0.3, -0.25) is 4.79 Å². The summed E-state index contributed by atoms with van der Waals surface area (Å²) < 4.78 is 0. The molecule has 1 aromatic rings. The van der Waals surface area contributed by atoms with Crippen LogP contribution in [0, 0.1) is 0 Å². The molecule has 96 valence electrons. The van der Waals surface area contributed by atoms with Crippen molar-refractivity contribution < 1.29 is 14.7 Å². The van der Waals surface area contributed by atoms with Crippen LogP contribution in [0.15, 0.2) is 0 Å². The molecule has 4 rings (SSSR count). The number of carbonyl (C=O) groups is 2. The van der Waals surface area contributed by atoms with E-state index in [-0.39, 0.29) is 5.91 Å². The zero-order valence-corrected chi connectivity index (χ0v) is 10.8. The summed E-state index contributed by atoms with van der Waals surface area (Å²) in [5, 5.41) is 13.6. The summed E-state index contributed by atoms with van der Waals surface area (Å²) in [6, 6.07) is 0. The molecule has 0 unspecified atom stereocenters. The van der Waals surface area contributed by atoms with Gasteiger partial charge in [-0.1, -0.05) is 11.3 Å². The van der Waals surface area contributed by atoms with Gasteiger partial charge < -0.3 is 15.3 Å². The maximum Gasteiger partial charge on any atom is 0.339 e. The van der Waals surface area contributed by atoms with E-state index < -0.39 is 5.97 Å². The molecule has 0 radical (unpaired) electrons. The van der Waals surface area contributed by atoms with Crippen molar-refractivity contribution in [2.45, 2.75) is 25.7 Å². The Morgan fingerprint density at radius 2 is 2.06 bits per heavy atom. The Labute approximate surface area is 108 Å². The van der Waals surface area contributed by atoms with Gasteiger partial charge in [-0.2, -0.15) is 0 Å². The number of amides is 1. The second-order valence-corrected chi connectivity index (χ2v) is 5.77. The van der Waals surface area contributed by atoms with E-state index in [9.17, 15) is 14.7 Å². The Balaban J connectivity index is 2.15. The van der Waals surface area contributed by atoms with Crippen LogP contribution in [0.3, 0.4) is 0 Å². The van der Waals surface area contributed by atoms with Crippen LogP contribution in [-0.2, 0) is 4.79 Å². The number of thiophene rings is 1. The van der Waals surface area contributed by atoms with Crippen molar-refractivity contribution in [2.24, 2.45) is 0 Å². The Morgan fingerprint density at radius 3 is 2.61 bits per heavy atom. The summed E-state index contributed by atoms with van der Waals surface area (Å²) in [6.45, 7) is 3.40. The lowest BCUT2D eigenvalue weighted by atomic mass is 9.84. The van der Waals surface area contributed by atoms with Crippen molar-refractivity contribution in [3.63, 3.8) is 0 Å². The van der Waals surface area contributed by atoms with Crippen molar-refractivity contribution in [3.8, 4) is 0 Å². The van der Waals surface area contributed by atoms with Gasteiger partial charge >= 0.3 is 5.97 Å². The topological polar surface area (TPSA) is 69.6 Å². The molecule has 4 heterocycles. The average Bonchev–Trinajstić information content (AvgIpc) is 2.70. The van der Waals surface area contributed by atoms with Gasteiger partial charge in [-0.05, 0) is 18.8 Å². The highest BCUT2D eigenvalue weighted by atomic mass is 32.1. The van der Waals surface area contributed by atoms with Crippen LogP contribution >= 0.6 is 11.3 Å². The third-order valence-electron chi connectivity index (χ3n) is 3.62. The van der Waals surface area contributed by atoms with Gasteiger partial charge in [0.25, 0.3) is 0 Å². The van der Waals surface area contributed by atoms with E-state index in [0.717, 1.165) is 36.5 Å². The molecule has 0 aromatic carbocycles. The SMILES string of the molecule is CC(=O)Nc1sc2c(c1C(=O)O)C1CCN2CC1. The maximum absolute atomic E-state index is 11.4. The van der Waals surface area contributed by atoms with E-state index in [4.69, 9.17) is 0 Å². The molecule has 2 N–H and O–H groups in total. The second-order valence-electron chi connectivity index (χ2n) is 4.77. The van der Waals surface area contributed by atoms with Crippen LogP contribution < -0.4 is 10.2 Å². The minimum absolute atomic E-state index is 0.224. The number of carboxylic acid groups (broad SMARTS) is 1. The lowest BCUT2D eigenvalue weighted by Gasteiger charge is -2.40. The molecule has 0 saturated carbocycles. The van der Waals surface area contributed by atoms with Gasteiger partial charge in [0.15, 0.2) is 0 Å².